The van der Waals surface area contributed by atoms with E-state index in [1.165, 1.54) is 0 Å². The summed E-state index contributed by atoms with van der Waals surface area (Å²) in [6, 6.07) is 25.4. The van der Waals surface area contributed by atoms with E-state index in [-0.39, 0.29) is 25.0 Å². The van der Waals surface area contributed by atoms with Crippen LogP contribution in [0.2, 0.25) is 5.02 Å². The van der Waals surface area contributed by atoms with Crippen molar-refractivity contribution in [2.75, 3.05) is 13.2 Å². The topological polar surface area (TPSA) is 58.6 Å². The number of hydrogen-bond acceptors (Lipinski definition) is 3. The highest BCUT2D eigenvalue weighted by molar-refractivity contribution is 6.30. The van der Waals surface area contributed by atoms with E-state index in [9.17, 15) is 9.59 Å². The number of ether oxygens (including phenoxy) is 1. The lowest BCUT2D eigenvalue weighted by atomic mass is 10.0. The first-order valence-electron chi connectivity index (χ1n) is 10.6. The minimum absolute atomic E-state index is 0.171. The zero-order chi connectivity index (χ0) is 22.8. The van der Waals surface area contributed by atoms with E-state index >= 15 is 0 Å². The first-order chi connectivity index (χ1) is 15.6. The molecule has 0 spiro atoms. The Balaban J connectivity index is 1.88. The molecule has 0 aromatic heterocycles. The minimum Gasteiger partial charge on any atom is -0.484 e. The molecule has 1 N–H and O–H groups in total. The molecule has 0 bridgehead atoms. The fourth-order valence-corrected chi connectivity index (χ4v) is 3.64. The first kappa shape index (κ1) is 23.4. The van der Waals surface area contributed by atoms with Crippen molar-refractivity contribution >= 4 is 23.4 Å². The van der Waals surface area contributed by atoms with Crippen LogP contribution in [0.15, 0.2) is 84.9 Å². The predicted molar refractivity (Wildman–Crippen MR) is 127 cm³/mol. The molecular weight excluding hydrogens is 424 g/mol. The van der Waals surface area contributed by atoms with Gasteiger partial charge in [-0.3, -0.25) is 9.59 Å². The van der Waals surface area contributed by atoms with E-state index in [0.29, 0.717) is 23.7 Å². The summed E-state index contributed by atoms with van der Waals surface area (Å²) in [5.74, 6) is 0.119. The number of benzene rings is 3. The number of para-hydroxylation sites is 1. The fourth-order valence-electron chi connectivity index (χ4n) is 3.42. The molecule has 1 atom stereocenters. The quantitative estimate of drug-likeness (QED) is 0.495. The largest absolute Gasteiger partial charge is 0.484 e. The standard InChI is InChI=1S/C26H27ClN2O3/c1-2-28-26(31)24(17-20-10-5-3-6-11-20)29(18-21-12-9-13-22(27)16-21)25(30)19-32-23-14-7-4-8-15-23/h3-16,24H,2,17-19H2,1H3,(H,28,31)/t24-/m0/s1. The Bertz CT molecular complexity index is 1010. The third kappa shape index (κ3) is 6.86. The van der Waals surface area contributed by atoms with Crippen LogP contribution in [0.25, 0.3) is 0 Å². The summed E-state index contributed by atoms with van der Waals surface area (Å²) in [5.41, 5.74) is 1.81. The second kappa shape index (κ2) is 11.9. The van der Waals surface area contributed by atoms with Gasteiger partial charge in [-0.1, -0.05) is 72.3 Å². The second-order valence-corrected chi connectivity index (χ2v) is 7.79. The smallest absolute Gasteiger partial charge is 0.261 e. The SMILES string of the molecule is CCNC(=O)[C@H](Cc1ccccc1)N(Cc1cccc(Cl)c1)C(=O)COc1ccccc1. The van der Waals surface area contributed by atoms with Crippen LogP contribution in [0.1, 0.15) is 18.1 Å². The van der Waals surface area contributed by atoms with Gasteiger partial charge < -0.3 is 15.0 Å². The number of nitrogens with zero attached hydrogens (tertiary/aromatic N) is 1. The van der Waals surface area contributed by atoms with Crippen LogP contribution in [-0.2, 0) is 22.6 Å². The van der Waals surface area contributed by atoms with Crippen molar-refractivity contribution in [1.29, 1.82) is 0 Å². The zero-order valence-electron chi connectivity index (χ0n) is 18.0. The Labute approximate surface area is 194 Å². The second-order valence-electron chi connectivity index (χ2n) is 7.35. The normalized spacial score (nSPS) is 11.4. The number of likely N-dealkylation sites (N-methyl/N-ethyl adjacent to an activating group) is 1. The molecule has 0 radical (unpaired) electrons. The molecule has 0 saturated heterocycles. The lowest BCUT2D eigenvalue weighted by Crippen LogP contribution is -2.51. The van der Waals surface area contributed by atoms with Crippen molar-refractivity contribution in [3.05, 3.63) is 101 Å². The van der Waals surface area contributed by atoms with Gasteiger partial charge in [0, 0.05) is 24.5 Å². The molecule has 2 amide bonds. The molecule has 3 aromatic rings. The van der Waals surface area contributed by atoms with Gasteiger partial charge in [0.2, 0.25) is 5.91 Å². The van der Waals surface area contributed by atoms with Crippen molar-refractivity contribution in [2.45, 2.75) is 25.9 Å². The van der Waals surface area contributed by atoms with E-state index in [2.05, 4.69) is 5.32 Å². The third-order valence-electron chi connectivity index (χ3n) is 4.97. The Hall–Kier alpha value is -3.31. The summed E-state index contributed by atoms with van der Waals surface area (Å²) in [6.45, 7) is 2.41. The van der Waals surface area contributed by atoms with Gasteiger partial charge in [0.15, 0.2) is 6.61 Å². The number of carbonyl (C=O) groups is 2. The summed E-state index contributed by atoms with van der Waals surface area (Å²) >= 11 is 6.16. The summed E-state index contributed by atoms with van der Waals surface area (Å²) < 4.78 is 5.70. The van der Waals surface area contributed by atoms with Crippen molar-refractivity contribution < 1.29 is 14.3 Å². The van der Waals surface area contributed by atoms with E-state index in [4.69, 9.17) is 16.3 Å². The molecule has 32 heavy (non-hydrogen) atoms. The maximum atomic E-state index is 13.3. The van der Waals surface area contributed by atoms with E-state index < -0.39 is 6.04 Å². The molecule has 0 fully saturated rings. The van der Waals surface area contributed by atoms with Crippen LogP contribution in [0.5, 0.6) is 5.75 Å². The van der Waals surface area contributed by atoms with Crippen LogP contribution in [0, 0.1) is 0 Å². The molecule has 5 nitrogen and oxygen atoms in total. The lowest BCUT2D eigenvalue weighted by molar-refractivity contribution is -0.142. The average Bonchev–Trinajstić information content (AvgIpc) is 2.81. The van der Waals surface area contributed by atoms with Crippen LogP contribution >= 0.6 is 11.6 Å². The number of amides is 2. The Morgan fingerprint density at radius 3 is 2.25 bits per heavy atom. The lowest BCUT2D eigenvalue weighted by Gasteiger charge is -2.31. The van der Waals surface area contributed by atoms with Crippen LogP contribution < -0.4 is 10.1 Å². The Morgan fingerprint density at radius 1 is 0.938 bits per heavy atom. The minimum atomic E-state index is -0.691. The van der Waals surface area contributed by atoms with E-state index in [1.54, 1.807) is 29.2 Å². The third-order valence-corrected chi connectivity index (χ3v) is 5.20. The zero-order valence-corrected chi connectivity index (χ0v) is 18.8. The molecule has 3 rings (SSSR count). The average molecular weight is 451 g/mol. The van der Waals surface area contributed by atoms with Crippen molar-refractivity contribution in [1.82, 2.24) is 10.2 Å². The van der Waals surface area contributed by atoms with Gasteiger partial charge in [0.05, 0.1) is 0 Å². The fraction of sp³-hybridized carbons (Fsp3) is 0.231. The number of hydrogen-bond donors (Lipinski definition) is 1. The highest BCUT2D eigenvalue weighted by atomic mass is 35.5. The van der Waals surface area contributed by atoms with Gasteiger partial charge >= 0.3 is 0 Å². The molecule has 0 heterocycles. The summed E-state index contributed by atoms with van der Waals surface area (Å²) in [7, 11) is 0. The van der Waals surface area contributed by atoms with Crippen LogP contribution in [0.4, 0.5) is 0 Å². The molecule has 3 aromatic carbocycles. The van der Waals surface area contributed by atoms with Crippen molar-refractivity contribution in [3.8, 4) is 5.75 Å². The van der Waals surface area contributed by atoms with E-state index in [0.717, 1.165) is 11.1 Å². The Morgan fingerprint density at radius 2 is 1.59 bits per heavy atom. The van der Waals surface area contributed by atoms with Crippen molar-refractivity contribution in [2.24, 2.45) is 0 Å². The number of rotatable bonds is 10. The molecule has 166 valence electrons. The predicted octanol–water partition coefficient (Wildman–Crippen LogP) is 4.50. The molecule has 0 aliphatic carbocycles. The molecule has 0 saturated carbocycles. The van der Waals surface area contributed by atoms with Crippen molar-refractivity contribution in [3.63, 3.8) is 0 Å². The molecule has 0 aliphatic heterocycles. The molecule has 0 aliphatic rings. The maximum Gasteiger partial charge on any atom is 0.261 e. The highest BCUT2D eigenvalue weighted by Gasteiger charge is 2.30. The van der Waals surface area contributed by atoms with Gasteiger partial charge in [0.25, 0.3) is 5.91 Å². The van der Waals surface area contributed by atoms with Gasteiger partial charge in [-0.25, -0.2) is 0 Å². The highest BCUT2D eigenvalue weighted by Crippen LogP contribution is 2.18. The van der Waals surface area contributed by atoms with Gasteiger partial charge in [-0.2, -0.15) is 0 Å². The number of carbonyl (C=O) groups excluding carboxylic acids is 2. The van der Waals surface area contributed by atoms with Gasteiger partial charge in [-0.15, -0.1) is 0 Å². The van der Waals surface area contributed by atoms with Crippen LogP contribution in [-0.4, -0.2) is 35.9 Å². The first-order valence-corrected chi connectivity index (χ1v) is 11.0. The summed E-state index contributed by atoms with van der Waals surface area (Å²) in [6.07, 6.45) is 0.393. The molecular formula is C26H27ClN2O3. The monoisotopic (exact) mass is 450 g/mol. The molecule has 0 unspecified atom stereocenters. The van der Waals surface area contributed by atoms with Crippen LogP contribution in [0.3, 0.4) is 0 Å². The van der Waals surface area contributed by atoms with Gasteiger partial charge in [-0.05, 0) is 42.3 Å². The summed E-state index contributed by atoms with van der Waals surface area (Å²) in [4.78, 5) is 28.0. The number of nitrogens with one attached hydrogen (secondary N) is 1. The summed E-state index contributed by atoms with van der Waals surface area (Å²) in [5, 5.41) is 3.45. The Kier molecular flexibility index (Phi) is 8.70. The molecule has 6 heteroatoms. The van der Waals surface area contributed by atoms with Gasteiger partial charge in [0.1, 0.15) is 11.8 Å². The van der Waals surface area contributed by atoms with E-state index in [1.807, 2.05) is 67.6 Å². The maximum absolute atomic E-state index is 13.3. The number of halogens is 1.